The first kappa shape index (κ1) is 22.8. The second-order valence-electron chi connectivity index (χ2n) is 7.47. The minimum Gasteiger partial charge on any atom is -0.379 e. The van der Waals surface area contributed by atoms with Gasteiger partial charge in [0, 0.05) is 37.6 Å². The number of rotatable bonds is 9. The number of hydrogen-bond donors (Lipinski definition) is 1. The summed E-state index contributed by atoms with van der Waals surface area (Å²) in [5.74, 6) is 1.05. The van der Waals surface area contributed by atoms with Gasteiger partial charge >= 0.3 is 0 Å². The summed E-state index contributed by atoms with van der Waals surface area (Å²) in [6.07, 6.45) is 0.632. The van der Waals surface area contributed by atoms with Crippen LogP contribution in [0.25, 0.3) is 5.69 Å². The average molecular weight is 472 g/mol. The number of ether oxygens (including phenoxy) is 1. The summed E-state index contributed by atoms with van der Waals surface area (Å²) >= 11 is 7.61. The number of thioether (sulfide) groups is 1. The molecule has 1 aliphatic rings. The lowest BCUT2D eigenvalue weighted by Crippen LogP contribution is -2.41. The van der Waals surface area contributed by atoms with Crippen LogP contribution in [0.1, 0.15) is 11.4 Å². The zero-order valence-corrected chi connectivity index (χ0v) is 19.3. The van der Waals surface area contributed by atoms with Gasteiger partial charge in [0.1, 0.15) is 5.82 Å². The molecule has 4 rings (SSSR count). The van der Waals surface area contributed by atoms with E-state index in [1.807, 2.05) is 47.0 Å². The summed E-state index contributed by atoms with van der Waals surface area (Å²) in [4.78, 5) is 14.7. The highest BCUT2D eigenvalue weighted by molar-refractivity contribution is 7.99. The molecule has 1 fully saturated rings. The van der Waals surface area contributed by atoms with E-state index in [0.29, 0.717) is 23.1 Å². The molecule has 0 unspecified atom stereocenters. The highest BCUT2D eigenvalue weighted by atomic mass is 35.5. The summed E-state index contributed by atoms with van der Waals surface area (Å²) < 4.78 is 7.33. The number of nitrogens with one attached hydrogen (secondary N) is 1. The molecule has 0 spiro atoms. The zero-order valence-electron chi connectivity index (χ0n) is 17.7. The molecule has 3 aromatic rings. The fourth-order valence-electron chi connectivity index (χ4n) is 3.52. The van der Waals surface area contributed by atoms with Gasteiger partial charge in [-0.1, -0.05) is 59.8 Å². The van der Waals surface area contributed by atoms with Gasteiger partial charge in [-0.3, -0.25) is 14.3 Å². The van der Waals surface area contributed by atoms with Gasteiger partial charge in [-0.15, -0.1) is 10.2 Å². The molecule has 0 aliphatic carbocycles. The van der Waals surface area contributed by atoms with E-state index in [9.17, 15) is 4.79 Å². The summed E-state index contributed by atoms with van der Waals surface area (Å²) in [5, 5.41) is 13.1. The van der Waals surface area contributed by atoms with E-state index in [2.05, 4.69) is 32.5 Å². The van der Waals surface area contributed by atoms with Crippen LogP contribution in [0.4, 0.5) is 0 Å². The van der Waals surface area contributed by atoms with Gasteiger partial charge in [0.25, 0.3) is 0 Å². The maximum atomic E-state index is 12.4. The fourth-order valence-corrected chi connectivity index (χ4v) is 4.51. The standard InChI is InChI=1S/C23H26ClN5O2S/c24-19-7-4-8-20(16-19)29-21(15-18-5-2-1-3-6-18)26-27-23(29)32-17-22(30)25-9-10-28-11-13-31-14-12-28/h1-8,16H,9-15,17H2,(H,25,30). The molecule has 0 saturated carbocycles. The molecule has 1 saturated heterocycles. The van der Waals surface area contributed by atoms with Gasteiger partial charge in [0.2, 0.25) is 5.91 Å². The van der Waals surface area contributed by atoms with Crippen molar-refractivity contribution in [3.63, 3.8) is 0 Å². The van der Waals surface area contributed by atoms with Crippen molar-refractivity contribution >= 4 is 29.3 Å². The lowest BCUT2D eigenvalue weighted by molar-refractivity contribution is -0.118. The molecule has 0 bridgehead atoms. The van der Waals surface area contributed by atoms with E-state index in [1.54, 1.807) is 0 Å². The normalized spacial score (nSPS) is 14.4. The first-order chi connectivity index (χ1) is 15.7. The van der Waals surface area contributed by atoms with Crippen molar-refractivity contribution in [2.24, 2.45) is 0 Å². The molecule has 0 atom stereocenters. The van der Waals surface area contributed by atoms with Crippen LogP contribution in [0.3, 0.4) is 0 Å². The highest BCUT2D eigenvalue weighted by Gasteiger charge is 2.17. The second kappa shape index (κ2) is 11.5. The van der Waals surface area contributed by atoms with Crippen LogP contribution in [0, 0.1) is 0 Å². The number of carbonyl (C=O) groups excluding carboxylic acids is 1. The number of aromatic nitrogens is 3. The Morgan fingerprint density at radius 2 is 1.91 bits per heavy atom. The number of hydrogen-bond acceptors (Lipinski definition) is 6. The molecule has 9 heteroatoms. The van der Waals surface area contributed by atoms with Crippen molar-refractivity contribution in [1.82, 2.24) is 25.0 Å². The summed E-state index contributed by atoms with van der Waals surface area (Å²) in [6.45, 7) is 4.80. The third-order valence-electron chi connectivity index (χ3n) is 5.16. The van der Waals surface area contributed by atoms with Crippen LogP contribution in [0.5, 0.6) is 0 Å². The number of morpholine rings is 1. The van der Waals surface area contributed by atoms with Crippen molar-refractivity contribution in [3.8, 4) is 5.69 Å². The lowest BCUT2D eigenvalue weighted by Gasteiger charge is -2.26. The first-order valence-electron chi connectivity index (χ1n) is 10.6. The summed E-state index contributed by atoms with van der Waals surface area (Å²) in [6, 6.07) is 17.7. The number of halogens is 1. The number of carbonyl (C=O) groups is 1. The first-order valence-corrected chi connectivity index (χ1v) is 12.0. The van der Waals surface area contributed by atoms with Gasteiger partial charge in [0.15, 0.2) is 5.16 Å². The van der Waals surface area contributed by atoms with Crippen molar-refractivity contribution in [2.45, 2.75) is 11.6 Å². The molecular weight excluding hydrogens is 446 g/mol. The van der Waals surface area contributed by atoms with Crippen molar-refractivity contribution in [1.29, 1.82) is 0 Å². The van der Waals surface area contributed by atoms with E-state index in [-0.39, 0.29) is 11.7 Å². The smallest absolute Gasteiger partial charge is 0.230 e. The molecule has 0 radical (unpaired) electrons. The molecule has 1 aliphatic heterocycles. The van der Waals surface area contributed by atoms with Crippen LogP contribution in [0.2, 0.25) is 5.02 Å². The predicted octanol–water partition coefficient (Wildman–Crippen LogP) is 3.05. The average Bonchev–Trinajstić information content (AvgIpc) is 3.21. The molecular formula is C23H26ClN5O2S. The zero-order chi connectivity index (χ0) is 22.2. The topological polar surface area (TPSA) is 72.3 Å². The van der Waals surface area contributed by atoms with Crippen LogP contribution in [0.15, 0.2) is 59.8 Å². The van der Waals surface area contributed by atoms with E-state index >= 15 is 0 Å². The van der Waals surface area contributed by atoms with Gasteiger partial charge < -0.3 is 10.1 Å². The van der Waals surface area contributed by atoms with Gasteiger partial charge in [-0.2, -0.15) is 0 Å². The Labute approximate surface area is 197 Å². The number of amides is 1. The Hall–Kier alpha value is -2.39. The minimum absolute atomic E-state index is 0.0199. The Balaban J connectivity index is 1.41. The maximum absolute atomic E-state index is 12.4. The third-order valence-corrected chi connectivity index (χ3v) is 6.32. The molecule has 7 nitrogen and oxygen atoms in total. The van der Waals surface area contributed by atoms with Crippen LogP contribution in [-0.2, 0) is 16.0 Å². The number of nitrogens with zero attached hydrogens (tertiary/aromatic N) is 4. The third kappa shape index (κ3) is 6.32. The molecule has 168 valence electrons. The van der Waals surface area contributed by atoms with Crippen molar-refractivity contribution in [3.05, 3.63) is 71.0 Å². The Bertz CT molecular complexity index is 1020. The Kier molecular flexibility index (Phi) is 8.17. The predicted molar refractivity (Wildman–Crippen MR) is 127 cm³/mol. The largest absolute Gasteiger partial charge is 0.379 e. The van der Waals surface area contributed by atoms with E-state index < -0.39 is 0 Å². The summed E-state index contributed by atoms with van der Waals surface area (Å²) in [7, 11) is 0. The highest BCUT2D eigenvalue weighted by Crippen LogP contribution is 2.25. The van der Waals surface area contributed by atoms with Crippen LogP contribution in [-0.4, -0.2) is 70.7 Å². The van der Waals surface area contributed by atoms with Crippen LogP contribution >= 0.6 is 23.4 Å². The van der Waals surface area contributed by atoms with Gasteiger partial charge in [0.05, 0.1) is 24.7 Å². The Morgan fingerprint density at radius 3 is 2.69 bits per heavy atom. The monoisotopic (exact) mass is 471 g/mol. The molecule has 2 heterocycles. The van der Waals surface area contributed by atoms with E-state index in [4.69, 9.17) is 16.3 Å². The quantitative estimate of drug-likeness (QED) is 0.483. The minimum atomic E-state index is -0.0199. The molecule has 32 heavy (non-hydrogen) atoms. The van der Waals surface area contributed by atoms with Crippen LogP contribution < -0.4 is 5.32 Å². The second-order valence-corrected chi connectivity index (χ2v) is 8.85. The fraction of sp³-hybridized carbons (Fsp3) is 0.348. The molecule has 1 N–H and O–H groups in total. The van der Waals surface area contributed by atoms with Gasteiger partial charge in [-0.05, 0) is 23.8 Å². The number of benzene rings is 2. The summed E-state index contributed by atoms with van der Waals surface area (Å²) in [5.41, 5.74) is 2.02. The van der Waals surface area contributed by atoms with Gasteiger partial charge in [-0.25, -0.2) is 0 Å². The molecule has 1 amide bonds. The van der Waals surface area contributed by atoms with Crippen molar-refractivity contribution < 1.29 is 9.53 Å². The van der Waals surface area contributed by atoms with E-state index in [0.717, 1.165) is 49.9 Å². The molecule has 2 aromatic carbocycles. The maximum Gasteiger partial charge on any atom is 0.230 e. The SMILES string of the molecule is O=C(CSc1nnc(Cc2ccccc2)n1-c1cccc(Cl)c1)NCCN1CCOCC1. The van der Waals surface area contributed by atoms with E-state index in [1.165, 1.54) is 11.8 Å². The van der Waals surface area contributed by atoms with Crippen molar-refractivity contribution in [2.75, 3.05) is 45.1 Å². The lowest BCUT2D eigenvalue weighted by atomic mass is 10.1. The Morgan fingerprint density at radius 1 is 1.09 bits per heavy atom. The molecule has 1 aromatic heterocycles.